The van der Waals surface area contributed by atoms with Gasteiger partial charge in [-0.3, -0.25) is 4.79 Å². The molecule has 0 radical (unpaired) electrons. The van der Waals surface area contributed by atoms with Crippen molar-refractivity contribution in [2.45, 2.75) is 37.5 Å². The minimum atomic E-state index is -4.69. The number of fused-ring (bicyclic) bond motifs is 1. The van der Waals surface area contributed by atoms with Crippen LogP contribution < -0.4 is 4.18 Å². The van der Waals surface area contributed by atoms with E-state index in [2.05, 4.69) is 0 Å². The average Bonchev–Trinajstić information content (AvgIpc) is 2.86. The molecule has 0 aromatic heterocycles. The van der Waals surface area contributed by atoms with Crippen molar-refractivity contribution in [3.05, 3.63) is 108 Å². The first-order valence-corrected chi connectivity index (χ1v) is 12.9. The van der Waals surface area contributed by atoms with Gasteiger partial charge in [-0.05, 0) is 72.6 Å². The Kier molecular flexibility index (Phi) is 7.27. The molecule has 0 unspecified atom stereocenters. The molecule has 0 N–H and O–H groups in total. The number of rotatable bonds is 7. The monoisotopic (exact) mass is 527 g/mol. The molecule has 37 heavy (non-hydrogen) atoms. The van der Waals surface area contributed by atoms with Crippen molar-refractivity contribution >= 4 is 26.8 Å². The van der Waals surface area contributed by atoms with Crippen molar-refractivity contribution in [1.29, 1.82) is 0 Å². The van der Waals surface area contributed by atoms with Gasteiger partial charge in [0.15, 0.2) is 0 Å². The molecule has 0 aliphatic rings. The lowest BCUT2D eigenvalue weighted by Crippen LogP contribution is -2.36. The predicted octanol–water partition coefficient (Wildman–Crippen LogP) is 6.68. The molecule has 0 saturated heterocycles. The van der Waals surface area contributed by atoms with Crippen LogP contribution in [0.3, 0.4) is 0 Å². The Bertz CT molecular complexity index is 1550. The summed E-state index contributed by atoms with van der Waals surface area (Å²) < 4.78 is 69.5. The van der Waals surface area contributed by atoms with Crippen LogP contribution in [0.4, 0.5) is 13.2 Å². The zero-order valence-corrected chi connectivity index (χ0v) is 20.9. The Balaban J connectivity index is 1.56. The lowest BCUT2D eigenvalue weighted by atomic mass is 10.1. The zero-order chi connectivity index (χ0) is 26.8. The maximum atomic E-state index is 13.4. The van der Waals surface area contributed by atoms with Gasteiger partial charge in [-0.15, -0.1) is 0 Å². The third-order valence-electron chi connectivity index (χ3n) is 5.79. The van der Waals surface area contributed by atoms with E-state index in [1.165, 1.54) is 12.1 Å². The van der Waals surface area contributed by atoms with Crippen molar-refractivity contribution in [2.75, 3.05) is 0 Å². The van der Waals surface area contributed by atoms with Gasteiger partial charge >= 0.3 is 16.3 Å². The van der Waals surface area contributed by atoms with Gasteiger partial charge in [-0.25, -0.2) is 0 Å². The van der Waals surface area contributed by atoms with Gasteiger partial charge in [0.1, 0.15) is 10.6 Å². The van der Waals surface area contributed by atoms with Crippen molar-refractivity contribution in [2.24, 2.45) is 0 Å². The molecule has 1 amide bonds. The number of hydrogen-bond acceptors (Lipinski definition) is 4. The molecule has 192 valence electrons. The second-order valence-corrected chi connectivity index (χ2v) is 10.3. The number of hydrogen-bond donors (Lipinski definition) is 0. The number of benzene rings is 4. The van der Waals surface area contributed by atoms with Crippen LogP contribution in [0, 0.1) is 0 Å². The SMILES string of the molecule is CC(C)N(Cc1cccc(OS(=O)(=O)c2cccc(C(F)(F)F)c2)c1)C(=O)c1ccc2ccccc2c1. The molecular weight excluding hydrogens is 503 g/mol. The normalized spacial score (nSPS) is 12.1. The highest BCUT2D eigenvalue weighted by atomic mass is 32.2. The van der Waals surface area contributed by atoms with E-state index in [9.17, 15) is 26.4 Å². The third kappa shape index (κ3) is 6.11. The van der Waals surface area contributed by atoms with E-state index >= 15 is 0 Å². The van der Waals surface area contributed by atoms with Crippen LogP contribution in [-0.2, 0) is 22.8 Å². The van der Waals surface area contributed by atoms with E-state index in [0.717, 1.165) is 29.0 Å². The molecule has 9 heteroatoms. The van der Waals surface area contributed by atoms with Crippen LogP contribution in [0.2, 0.25) is 0 Å². The molecule has 0 fully saturated rings. The molecule has 4 rings (SSSR count). The molecule has 0 atom stereocenters. The van der Waals surface area contributed by atoms with E-state index in [-0.39, 0.29) is 24.2 Å². The molecule has 5 nitrogen and oxygen atoms in total. The minimum Gasteiger partial charge on any atom is -0.379 e. The average molecular weight is 528 g/mol. The first-order valence-electron chi connectivity index (χ1n) is 11.4. The van der Waals surface area contributed by atoms with Gasteiger partial charge in [-0.2, -0.15) is 21.6 Å². The largest absolute Gasteiger partial charge is 0.416 e. The fourth-order valence-electron chi connectivity index (χ4n) is 3.87. The Morgan fingerprint density at radius 3 is 2.27 bits per heavy atom. The summed E-state index contributed by atoms with van der Waals surface area (Å²) in [5, 5.41) is 1.95. The van der Waals surface area contributed by atoms with E-state index in [1.54, 1.807) is 23.1 Å². The summed E-state index contributed by atoms with van der Waals surface area (Å²) in [7, 11) is -4.52. The zero-order valence-electron chi connectivity index (χ0n) is 20.1. The highest BCUT2D eigenvalue weighted by Gasteiger charge is 2.32. The van der Waals surface area contributed by atoms with Crippen molar-refractivity contribution < 1.29 is 30.6 Å². The van der Waals surface area contributed by atoms with E-state index in [1.807, 2.05) is 50.2 Å². The highest BCUT2D eigenvalue weighted by molar-refractivity contribution is 7.87. The summed E-state index contributed by atoms with van der Waals surface area (Å²) in [5.74, 6) is -0.263. The molecular formula is C28H24F3NO4S. The van der Waals surface area contributed by atoms with Gasteiger partial charge in [-0.1, -0.05) is 48.5 Å². The highest BCUT2D eigenvalue weighted by Crippen LogP contribution is 2.31. The lowest BCUT2D eigenvalue weighted by molar-refractivity contribution is -0.137. The first kappa shape index (κ1) is 26.2. The molecule has 4 aromatic carbocycles. The summed E-state index contributed by atoms with van der Waals surface area (Å²) in [6, 6.07) is 22.5. The van der Waals surface area contributed by atoms with Crippen LogP contribution in [0.1, 0.15) is 35.3 Å². The molecule has 0 aliphatic heterocycles. The summed E-state index contributed by atoms with van der Waals surface area (Å²) in [4.78, 5) is 14.4. The molecule has 4 aromatic rings. The van der Waals surface area contributed by atoms with Crippen LogP contribution in [-0.4, -0.2) is 25.3 Å². The molecule has 0 bridgehead atoms. The number of amides is 1. The minimum absolute atomic E-state index is 0.0724. The Morgan fingerprint density at radius 1 is 0.865 bits per heavy atom. The summed E-state index contributed by atoms with van der Waals surface area (Å²) in [5.41, 5.74) is 0.0252. The number of alkyl halides is 3. The van der Waals surface area contributed by atoms with Crippen LogP contribution in [0.25, 0.3) is 10.8 Å². The molecule has 0 spiro atoms. The smallest absolute Gasteiger partial charge is 0.379 e. The predicted molar refractivity (Wildman–Crippen MR) is 135 cm³/mol. The summed E-state index contributed by atoms with van der Waals surface area (Å²) >= 11 is 0. The van der Waals surface area contributed by atoms with E-state index in [0.29, 0.717) is 17.2 Å². The van der Waals surface area contributed by atoms with Crippen molar-refractivity contribution in [3.8, 4) is 5.75 Å². The van der Waals surface area contributed by atoms with E-state index in [4.69, 9.17) is 4.18 Å². The second-order valence-electron chi connectivity index (χ2n) is 8.80. The molecule has 0 heterocycles. The molecule has 0 aliphatic carbocycles. The quantitative estimate of drug-likeness (QED) is 0.252. The first-order chi connectivity index (χ1) is 17.4. The van der Waals surface area contributed by atoms with Crippen molar-refractivity contribution in [1.82, 2.24) is 4.90 Å². The van der Waals surface area contributed by atoms with Crippen LogP contribution in [0.15, 0.2) is 95.9 Å². The van der Waals surface area contributed by atoms with Gasteiger partial charge in [0.25, 0.3) is 5.91 Å². The van der Waals surface area contributed by atoms with Gasteiger partial charge in [0.05, 0.1) is 5.56 Å². The maximum absolute atomic E-state index is 13.4. The third-order valence-corrected chi connectivity index (χ3v) is 7.03. The van der Waals surface area contributed by atoms with Crippen LogP contribution in [0.5, 0.6) is 5.75 Å². The standard InChI is InChI=1S/C28H24F3NO4S/c1-19(2)32(27(33)23-14-13-21-8-3-4-9-22(21)16-23)18-20-7-5-11-25(15-20)36-37(34,35)26-12-6-10-24(17-26)28(29,30)31/h3-17,19H,18H2,1-2H3. The van der Waals surface area contributed by atoms with Gasteiger partial charge < -0.3 is 9.08 Å². The fourth-order valence-corrected chi connectivity index (χ4v) is 4.84. The number of nitrogens with zero attached hydrogens (tertiary/aromatic N) is 1. The number of halogens is 3. The lowest BCUT2D eigenvalue weighted by Gasteiger charge is -2.27. The number of carbonyl (C=O) groups excluding carboxylic acids is 1. The molecule has 0 saturated carbocycles. The van der Waals surface area contributed by atoms with E-state index < -0.39 is 26.8 Å². The Labute approximate surface area is 213 Å². The summed E-state index contributed by atoms with van der Waals surface area (Å²) in [6.07, 6.45) is -4.69. The number of carbonyl (C=O) groups is 1. The maximum Gasteiger partial charge on any atom is 0.416 e. The second kappa shape index (κ2) is 10.3. The topological polar surface area (TPSA) is 63.7 Å². The van der Waals surface area contributed by atoms with Gasteiger partial charge in [0.2, 0.25) is 0 Å². The summed E-state index contributed by atoms with van der Waals surface area (Å²) in [6.45, 7) is 3.92. The Hall–Kier alpha value is -3.85. The fraction of sp³-hybridized carbons (Fsp3) is 0.179. The van der Waals surface area contributed by atoms with Gasteiger partial charge in [0, 0.05) is 18.2 Å². The van der Waals surface area contributed by atoms with Crippen molar-refractivity contribution in [3.63, 3.8) is 0 Å². The Morgan fingerprint density at radius 2 is 1.57 bits per heavy atom. The van der Waals surface area contributed by atoms with Crippen LogP contribution >= 0.6 is 0 Å².